The monoisotopic (exact) mass is 294 g/mol. The molecule has 9 heteroatoms. The van der Waals surface area contributed by atoms with Gasteiger partial charge in [-0.15, -0.1) is 11.3 Å². The van der Waals surface area contributed by atoms with Crippen LogP contribution in [0.25, 0.3) is 10.3 Å². The third-order valence-corrected chi connectivity index (χ3v) is 4.04. The standard InChI is InChI=1S/C9H9F3N4S2/c1-3-13-5-4-6(16-8(17-2)18-4)15-7(14-5)9(10,11)12/h3H2,1-2H3,(H,13,14,15). The van der Waals surface area contributed by atoms with Crippen molar-refractivity contribution in [3.8, 4) is 0 Å². The quantitative estimate of drug-likeness (QED) is 0.881. The lowest BCUT2D eigenvalue weighted by molar-refractivity contribution is -0.144. The van der Waals surface area contributed by atoms with Gasteiger partial charge in [0.1, 0.15) is 10.5 Å². The van der Waals surface area contributed by atoms with Crippen molar-refractivity contribution in [2.24, 2.45) is 0 Å². The molecule has 1 N–H and O–H groups in total. The van der Waals surface area contributed by atoms with Crippen molar-refractivity contribution in [3.63, 3.8) is 0 Å². The Hall–Kier alpha value is -1.09. The fourth-order valence-electron chi connectivity index (χ4n) is 1.31. The molecule has 18 heavy (non-hydrogen) atoms. The van der Waals surface area contributed by atoms with Crippen molar-refractivity contribution < 1.29 is 13.2 Å². The molecule has 2 aromatic rings. The Bertz CT molecular complexity index is 567. The van der Waals surface area contributed by atoms with E-state index in [0.717, 1.165) is 0 Å². The smallest absolute Gasteiger partial charge is 0.369 e. The second-order valence-electron chi connectivity index (χ2n) is 3.26. The fraction of sp³-hybridized carbons (Fsp3) is 0.444. The minimum absolute atomic E-state index is 0.0858. The number of rotatable bonds is 3. The van der Waals surface area contributed by atoms with Crippen LogP contribution in [0.4, 0.5) is 19.0 Å². The van der Waals surface area contributed by atoms with Gasteiger partial charge < -0.3 is 5.32 Å². The summed E-state index contributed by atoms with van der Waals surface area (Å²) in [7, 11) is 0. The van der Waals surface area contributed by atoms with Crippen LogP contribution in [0.1, 0.15) is 12.7 Å². The Balaban J connectivity index is 2.64. The zero-order chi connectivity index (χ0) is 13.3. The molecule has 0 aliphatic heterocycles. The van der Waals surface area contributed by atoms with E-state index in [2.05, 4.69) is 20.3 Å². The van der Waals surface area contributed by atoms with E-state index < -0.39 is 12.0 Å². The zero-order valence-electron chi connectivity index (χ0n) is 9.50. The Labute approximate surface area is 109 Å². The highest BCUT2D eigenvalue weighted by Gasteiger charge is 2.36. The molecule has 98 valence electrons. The zero-order valence-corrected chi connectivity index (χ0v) is 11.1. The van der Waals surface area contributed by atoms with Gasteiger partial charge in [-0.25, -0.2) is 15.0 Å². The van der Waals surface area contributed by atoms with Crippen molar-refractivity contribution >= 4 is 39.3 Å². The summed E-state index contributed by atoms with van der Waals surface area (Å²) in [6.07, 6.45) is -2.76. The predicted octanol–water partition coefficient (Wildman–Crippen LogP) is 3.26. The van der Waals surface area contributed by atoms with Gasteiger partial charge in [0.2, 0.25) is 5.82 Å². The minimum atomic E-state index is -4.57. The van der Waals surface area contributed by atoms with E-state index in [0.29, 0.717) is 15.6 Å². The van der Waals surface area contributed by atoms with Gasteiger partial charge in [0, 0.05) is 6.54 Å². The number of hydrogen-bond donors (Lipinski definition) is 1. The Morgan fingerprint density at radius 1 is 1.28 bits per heavy atom. The largest absolute Gasteiger partial charge is 0.451 e. The third kappa shape index (κ3) is 2.51. The lowest BCUT2D eigenvalue weighted by Gasteiger charge is -2.08. The Morgan fingerprint density at radius 3 is 2.56 bits per heavy atom. The SMILES string of the molecule is CCNc1nc(C(F)(F)F)nc2nc(SC)sc12. The van der Waals surface area contributed by atoms with E-state index in [4.69, 9.17) is 0 Å². The number of thiazole rings is 1. The summed E-state index contributed by atoms with van der Waals surface area (Å²) in [6, 6.07) is 0. The summed E-state index contributed by atoms with van der Waals surface area (Å²) in [5.74, 6) is -0.975. The lowest BCUT2D eigenvalue weighted by Crippen LogP contribution is -2.13. The number of alkyl halides is 3. The number of halogens is 3. The van der Waals surface area contributed by atoms with Crippen molar-refractivity contribution in [2.75, 3.05) is 18.1 Å². The molecule has 2 aromatic heterocycles. The Morgan fingerprint density at radius 2 is 2.00 bits per heavy atom. The number of nitrogens with zero attached hydrogens (tertiary/aromatic N) is 3. The molecule has 0 amide bonds. The highest BCUT2D eigenvalue weighted by molar-refractivity contribution is 8.00. The first-order chi connectivity index (χ1) is 8.45. The summed E-state index contributed by atoms with van der Waals surface area (Å²) in [4.78, 5) is 11.0. The molecule has 0 aromatic carbocycles. The van der Waals surface area contributed by atoms with Gasteiger partial charge in [0.25, 0.3) is 0 Å². The molecule has 2 heterocycles. The Kier molecular flexibility index (Phi) is 3.62. The van der Waals surface area contributed by atoms with Crippen LogP contribution in [0.3, 0.4) is 0 Å². The van der Waals surface area contributed by atoms with Crippen LogP contribution in [0.5, 0.6) is 0 Å². The summed E-state index contributed by atoms with van der Waals surface area (Å²) in [5.41, 5.74) is 0.0858. The molecule has 0 atom stereocenters. The van der Waals surface area contributed by atoms with Gasteiger partial charge in [-0.3, -0.25) is 0 Å². The average Bonchev–Trinajstić information content (AvgIpc) is 2.71. The van der Waals surface area contributed by atoms with Gasteiger partial charge in [-0.2, -0.15) is 13.2 Å². The van der Waals surface area contributed by atoms with E-state index in [1.807, 2.05) is 6.26 Å². The first-order valence-corrected chi connectivity index (χ1v) is 7.03. The molecular formula is C9H9F3N4S2. The first-order valence-electron chi connectivity index (χ1n) is 4.99. The topological polar surface area (TPSA) is 50.7 Å². The molecule has 0 saturated carbocycles. The third-order valence-electron chi connectivity index (χ3n) is 2.01. The maximum atomic E-state index is 12.6. The van der Waals surface area contributed by atoms with E-state index in [9.17, 15) is 13.2 Å². The molecule has 0 radical (unpaired) electrons. The van der Waals surface area contributed by atoms with Crippen LogP contribution in [-0.4, -0.2) is 27.8 Å². The average molecular weight is 294 g/mol. The van der Waals surface area contributed by atoms with Gasteiger partial charge in [-0.05, 0) is 13.2 Å². The van der Waals surface area contributed by atoms with Crippen LogP contribution in [0.2, 0.25) is 0 Å². The molecular weight excluding hydrogens is 285 g/mol. The van der Waals surface area contributed by atoms with E-state index in [1.165, 1.54) is 23.1 Å². The minimum Gasteiger partial charge on any atom is -0.369 e. The van der Waals surface area contributed by atoms with Crippen LogP contribution in [-0.2, 0) is 6.18 Å². The lowest BCUT2D eigenvalue weighted by atomic mass is 10.4. The highest BCUT2D eigenvalue weighted by Crippen LogP contribution is 2.34. The van der Waals surface area contributed by atoms with Crippen molar-refractivity contribution in [2.45, 2.75) is 17.4 Å². The fourth-order valence-corrected chi connectivity index (χ4v) is 2.77. The van der Waals surface area contributed by atoms with Crippen LogP contribution in [0, 0.1) is 0 Å². The van der Waals surface area contributed by atoms with Crippen molar-refractivity contribution in [1.82, 2.24) is 15.0 Å². The summed E-state index contributed by atoms with van der Waals surface area (Å²) < 4.78 is 39.1. The van der Waals surface area contributed by atoms with Crippen LogP contribution >= 0.6 is 23.1 Å². The second kappa shape index (κ2) is 4.88. The molecule has 0 aliphatic carbocycles. The molecule has 0 saturated heterocycles. The predicted molar refractivity (Wildman–Crippen MR) is 66.2 cm³/mol. The number of thioether (sulfide) groups is 1. The molecule has 0 bridgehead atoms. The first kappa shape index (κ1) is 13.3. The summed E-state index contributed by atoms with van der Waals surface area (Å²) >= 11 is 2.65. The van der Waals surface area contributed by atoms with E-state index in [-0.39, 0.29) is 11.5 Å². The van der Waals surface area contributed by atoms with Crippen molar-refractivity contribution in [3.05, 3.63) is 5.82 Å². The van der Waals surface area contributed by atoms with E-state index >= 15 is 0 Å². The molecule has 0 unspecified atom stereocenters. The second-order valence-corrected chi connectivity index (χ2v) is 5.31. The van der Waals surface area contributed by atoms with E-state index in [1.54, 1.807) is 6.92 Å². The molecule has 0 fully saturated rings. The summed E-state index contributed by atoms with van der Waals surface area (Å²) in [5, 5.41) is 2.81. The number of aromatic nitrogens is 3. The molecule has 2 rings (SSSR count). The van der Waals surface area contributed by atoms with Crippen LogP contribution < -0.4 is 5.32 Å². The van der Waals surface area contributed by atoms with Gasteiger partial charge in [0.15, 0.2) is 9.99 Å². The van der Waals surface area contributed by atoms with Crippen LogP contribution in [0.15, 0.2) is 4.34 Å². The van der Waals surface area contributed by atoms with Crippen molar-refractivity contribution in [1.29, 1.82) is 0 Å². The maximum absolute atomic E-state index is 12.6. The maximum Gasteiger partial charge on any atom is 0.451 e. The summed E-state index contributed by atoms with van der Waals surface area (Å²) in [6.45, 7) is 2.27. The highest BCUT2D eigenvalue weighted by atomic mass is 32.2. The molecule has 0 spiro atoms. The number of fused-ring (bicyclic) bond motifs is 1. The molecule has 4 nitrogen and oxygen atoms in total. The van der Waals surface area contributed by atoms with Gasteiger partial charge >= 0.3 is 6.18 Å². The van der Waals surface area contributed by atoms with Gasteiger partial charge in [0.05, 0.1) is 0 Å². The normalized spacial score (nSPS) is 12.1. The van der Waals surface area contributed by atoms with Gasteiger partial charge in [-0.1, -0.05) is 11.8 Å². The number of hydrogen-bond acceptors (Lipinski definition) is 6. The molecule has 0 aliphatic rings. The number of anilines is 1. The number of nitrogens with one attached hydrogen (secondary N) is 1.